The van der Waals surface area contributed by atoms with Crippen LogP contribution in [-0.4, -0.2) is 18.8 Å². The molecule has 0 amide bonds. The molecule has 3 heteroatoms. The van der Waals surface area contributed by atoms with E-state index in [0.29, 0.717) is 12.0 Å². The Labute approximate surface area is 87.4 Å². The molecule has 1 saturated carbocycles. The summed E-state index contributed by atoms with van der Waals surface area (Å²) in [5.41, 5.74) is 2.91. The van der Waals surface area contributed by atoms with Gasteiger partial charge >= 0.3 is 0 Å². The minimum atomic E-state index is 0.255. The van der Waals surface area contributed by atoms with E-state index in [2.05, 4.69) is 19.3 Å². The Morgan fingerprint density at radius 1 is 1.43 bits per heavy atom. The molecule has 0 radical (unpaired) electrons. The van der Waals surface area contributed by atoms with E-state index >= 15 is 0 Å². The summed E-state index contributed by atoms with van der Waals surface area (Å²) in [6.07, 6.45) is 4.16. The molecular formula is C11H24N2O. The van der Waals surface area contributed by atoms with E-state index in [9.17, 15) is 0 Å². The minimum absolute atomic E-state index is 0.255. The summed E-state index contributed by atoms with van der Waals surface area (Å²) in [6, 6.07) is 0.322. The molecule has 1 fully saturated rings. The molecule has 0 saturated heterocycles. The van der Waals surface area contributed by atoms with Crippen molar-refractivity contribution in [3.63, 3.8) is 0 Å². The van der Waals surface area contributed by atoms with Crippen molar-refractivity contribution < 1.29 is 4.74 Å². The molecule has 0 aromatic carbocycles. The first-order valence-electron chi connectivity index (χ1n) is 5.76. The van der Waals surface area contributed by atoms with Crippen LogP contribution in [0, 0.1) is 11.8 Å². The van der Waals surface area contributed by atoms with Gasteiger partial charge in [-0.2, -0.15) is 0 Å². The highest BCUT2D eigenvalue weighted by molar-refractivity contribution is 4.85. The van der Waals surface area contributed by atoms with Crippen LogP contribution in [0.5, 0.6) is 0 Å². The lowest BCUT2D eigenvalue weighted by Crippen LogP contribution is -2.47. The number of ether oxygens (including phenoxy) is 1. The molecule has 14 heavy (non-hydrogen) atoms. The highest BCUT2D eigenvalue weighted by Crippen LogP contribution is 2.35. The van der Waals surface area contributed by atoms with Gasteiger partial charge in [-0.25, -0.2) is 0 Å². The standard InChI is InChI=1S/C11H24N2O/c1-4-14-11(8(2)3)10(13-12)7-9-5-6-9/h8-11,13H,4-7,12H2,1-3H3. The van der Waals surface area contributed by atoms with Crippen LogP contribution in [0.1, 0.15) is 40.0 Å². The third kappa shape index (κ3) is 3.56. The molecule has 3 nitrogen and oxygen atoms in total. The van der Waals surface area contributed by atoms with E-state index in [-0.39, 0.29) is 6.10 Å². The van der Waals surface area contributed by atoms with E-state index in [1.807, 2.05) is 6.92 Å². The summed E-state index contributed by atoms with van der Waals surface area (Å²) in [5.74, 6) is 7.00. The average Bonchev–Trinajstić information content (AvgIpc) is 2.94. The number of nitrogens with two attached hydrogens (primary N) is 1. The van der Waals surface area contributed by atoms with Crippen molar-refractivity contribution in [1.29, 1.82) is 0 Å². The molecule has 84 valence electrons. The van der Waals surface area contributed by atoms with Gasteiger partial charge in [0.1, 0.15) is 0 Å². The third-order valence-electron chi connectivity index (χ3n) is 2.91. The predicted molar refractivity (Wildman–Crippen MR) is 58.7 cm³/mol. The van der Waals surface area contributed by atoms with Gasteiger partial charge in [-0.3, -0.25) is 11.3 Å². The molecule has 0 aromatic rings. The molecule has 1 rings (SSSR count). The number of hydrogen-bond donors (Lipinski definition) is 2. The van der Waals surface area contributed by atoms with Gasteiger partial charge in [0.25, 0.3) is 0 Å². The van der Waals surface area contributed by atoms with Crippen molar-refractivity contribution in [3.05, 3.63) is 0 Å². The SMILES string of the molecule is CCOC(C(C)C)C(CC1CC1)NN. The largest absolute Gasteiger partial charge is 0.377 e. The zero-order valence-corrected chi connectivity index (χ0v) is 9.62. The topological polar surface area (TPSA) is 47.3 Å². The lowest BCUT2D eigenvalue weighted by Gasteiger charge is -2.29. The van der Waals surface area contributed by atoms with Crippen LogP contribution in [0.3, 0.4) is 0 Å². The highest BCUT2D eigenvalue weighted by atomic mass is 16.5. The predicted octanol–water partition coefficient (Wildman–Crippen LogP) is 1.68. The first kappa shape index (κ1) is 12.0. The van der Waals surface area contributed by atoms with E-state index < -0.39 is 0 Å². The fourth-order valence-corrected chi connectivity index (χ4v) is 1.98. The lowest BCUT2D eigenvalue weighted by atomic mass is 9.95. The van der Waals surface area contributed by atoms with Crippen molar-refractivity contribution in [2.24, 2.45) is 17.7 Å². The van der Waals surface area contributed by atoms with Crippen molar-refractivity contribution in [3.8, 4) is 0 Å². The molecule has 2 atom stereocenters. The Kier molecular flexibility index (Phi) is 4.85. The smallest absolute Gasteiger partial charge is 0.0764 e. The van der Waals surface area contributed by atoms with Gasteiger partial charge in [-0.1, -0.05) is 26.7 Å². The van der Waals surface area contributed by atoms with Crippen LogP contribution < -0.4 is 11.3 Å². The Morgan fingerprint density at radius 3 is 2.43 bits per heavy atom. The number of nitrogens with one attached hydrogen (secondary N) is 1. The molecule has 1 aliphatic rings. The molecule has 0 bridgehead atoms. The zero-order valence-electron chi connectivity index (χ0n) is 9.62. The Morgan fingerprint density at radius 2 is 2.07 bits per heavy atom. The number of hydrogen-bond acceptors (Lipinski definition) is 3. The molecule has 0 heterocycles. The third-order valence-corrected chi connectivity index (χ3v) is 2.91. The van der Waals surface area contributed by atoms with Gasteiger partial charge in [-0.05, 0) is 25.2 Å². The van der Waals surface area contributed by atoms with Crippen LogP contribution in [-0.2, 0) is 4.74 Å². The first-order chi connectivity index (χ1) is 6.69. The summed E-state index contributed by atoms with van der Waals surface area (Å²) in [4.78, 5) is 0. The van der Waals surface area contributed by atoms with Crippen LogP contribution in [0.4, 0.5) is 0 Å². The summed E-state index contributed by atoms with van der Waals surface area (Å²) in [5, 5.41) is 0. The second kappa shape index (κ2) is 5.69. The van der Waals surface area contributed by atoms with Crippen molar-refractivity contribution in [2.75, 3.05) is 6.61 Å². The maximum atomic E-state index is 5.74. The maximum absolute atomic E-state index is 5.74. The minimum Gasteiger partial charge on any atom is -0.377 e. The molecule has 3 N–H and O–H groups in total. The quantitative estimate of drug-likeness (QED) is 0.485. The molecular weight excluding hydrogens is 176 g/mol. The van der Waals surface area contributed by atoms with Crippen molar-refractivity contribution >= 4 is 0 Å². The number of hydrazine groups is 1. The fraction of sp³-hybridized carbons (Fsp3) is 1.00. The van der Waals surface area contributed by atoms with Gasteiger partial charge in [0.15, 0.2) is 0 Å². The Hall–Kier alpha value is -0.120. The normalized spacial score (nSPS) is 21.2. The molecule has 0 aliphatic heterocycles. The monoisotopic (exact) mass is 200 g/mol. The van der Waals surface area contributed by atoms with Gasteiger partial charge in [0, 0.05) is 12.6 Å². The van der Waals surface area contributed by atoms with Crippen LogP contribution in [0.2, 0.25) is 0 Å². The average molecular weight is 200 g/mol. The summed E-state index contributed by atoms with van der Waals surface area (Å²) < 4.78 is 5.74. The van der Waals surface area contributed by atoms with E-state index in [4.69, 9.17) is 10.6 Å². The molecule has 0 aromatic heterocycles. The van der Waals surface area contributed by atoms with Gasteiger partial charge in [0.05, 0.1) is 6.10 Å². The van der Waals surface area contributed by atoms with E-state index in [1.165, 1.54) is 19.3 Å². The second-order valence-corrected chi connectivity index (χ2v) is 4.62. The van der Waals surface area contributed by atoms with Gasteiger partial charge < -0.3 is 4.74 Å². The zero-order chi connectivity index (χ0) is 10.6. The van der Waals surface area contributed by atoms with Gasteiger partial charge in [0.2, 0.25) is 0 Å². The Bertz CT molecular complexity index is 157. The number of rotatable bonds is 7. The van der Waals surface area contributed by atoms with E-state index in [1.54, 1.807) is 0 Å². The molecule has 2 unspecified atom stereocenters. The molecule has 0 spiro atoms. The van der Waals surface area contributed by atoms with Crippen molar-refractivity contribution in [1.82, 2.24) is 5.43 Å². The maximum Gasteiger partial charge on any atom is 0.0764 e. The first-order valence-corrected chi connectivity index (χ1v) is 5.76. The Balaban J connectivity index is 2.42. The lowest BCUT2D eigenvalue weighted by molar-refractivity contribution is 0.000136. The van der Waals surface area contributed by atoms with Crippen LogP contribution in [0.25, 0.3) is 0 Å². The summed E-state index contributed by atoms with van der Waals surface area (Å²) in [6.45, 7) is 7.20. The second-order valence-electron chi connectivity index (χ2n) is 4.62. The fourth-order valence-electron chi connectivity index (χ4n) is 1.98. The van der Waals surface area contributed by atoms with Crippen molar-refractivity contribution in [2.45, 2.75) is 52.2 Å². The highest BCUT2D eigenvalue weighted by Gasteiger charge is 2.31. The summed E-state index contributed by atoms with van der Waals surface area (Å²) in [7, 11) is 0. The van der Waals surface area contributed by atoms with E-state index in [0.717, 1.165) is 12.5 Å². The summed E-state index contributed by atoms with van der Waals surface area (Å²) >= 11 is 0. The van der Waals surface area contributed by atoms with Crippen LogP contribution >= 0.6 is 0 Å². The van der Waals surface area contributed by atoms with Crippen LogP contribution in [0.15, 0.2) is 0 Å². The van der Waals surface area contributed by atoms with Gasteiger partial charge in [-0.15, -0.1) is 0 Å². The molecule has 1 aliphatic carbocycles.